The van der Waals surface area contributed by atoms with Gasteiger partial charge < -0.3 is 0 Å². The van der Waals surface area contributed by atoms with Crippen LogP contribution in [0.25, 0.3) is 11.7 Å². The Morgan fingerprint density at radius 1 is 1.38 bits per heavy atom. The molecule has 2 aromatic heterocycles. The van der Waals surface area contributed by atoms with Crippen LogP contribution in [0.5, 0.6) is 0 Å². The molecule has 0 amide bonds. The third-order valence-electron chi connectivity index (χ3n) is 2.29. The first-order valence-electron chi connectivity index (χ1n) is 4.49. The van der Waals surface area contributed by atoms with Crippen LogP contribution in [0.2, 0.25) is 0 Å². The molecule has 0 saturated heterocycles. The highest BCUT2D eigenvalue weighted by Crippen LogP contribution is 2.35. The third kappa shape index (κ3) is 1.46. The average Bonchev–Trinajstić information content (AvgIpc) is 2.57. The van der Waals surface area contributed by atoms with Crippen molar-refractivity contribution in [1.29, 1.82) is 0 Å². The second-order valence-corrected chi connectivity index (χ2v) is 3.29. The molecule has 0 radical (unpaired) electrons. The van der Waals surface area contributed by atoms with E-state index < -0.39 is 11.7 Å². The second-order valence-electron chi connectivity index (χ2n) is 3.29. The molecule has 0 aromatic carbocycles. The molecule has 2 rings (SSSR count). The van der Waals surface area contributed by atoms with Crippen LogP contribution in [0, 0.1) is 6.92 Å². The number of fused-ring (bicyclic) bond motifs is 1. The molecule has 0 spiro atoms. The van der Waals surface area contributed by atoms with E-state index in [-0.39, 0.29) is 11.2 Å². The number of hydrogen-bond acceptors (Lipinski definition) is 2. The largest absolute Gasteiger partial charge is 0.420 e. The summed E-state index contributed by atoms with van der Waals surface area (Å²) in [5, 5.41) is 7.16. The van der Waals surface area contributed by atoms with Crippen LogP contribution in [0.4, 0.5) is 13.2 Å². The molecule has 0 saturated carbocycles. The molecule has 0 aliphatic rings. The standard InChI is InChI=1S/C10H8F3N3/c1-3-7-4-5-16-6(2)14-15-9(16)8(7)10(11,12)13/h3-5H,1H2,2H3. The summed E-state index contributed by atoms with van der Waals surface area (Å²) in [5.74, 6) is 0.413. The number of rotatable bonds is 1. The molecule has 0 aliphatic carbocycles. The summed E-state index contributed by atoms with van der Waals surface area (Å²) in [4.78, 5) is 0. The summed E-state index contributed by atoms with van der Waals surface area (Å²) in [6, 6.07) is 1.35. The Labute approximate surface area is 89.2 Å². The van der Waals surface area contributed by atoms with E-state index in [9.17, 15) is 13.2 Å². The molecular weight excluding hydrogens is 219 g/mol. The zero-order valence-electron chi connectivity index (χ0n) is 8.41. The number of pyridine rings is 1. The van der Waals surface area contributed by atoms with E-state index in [2.05, 4.69) is 16.8 Å². The quantitative estimate of drug-likeness (QED) is 0.749. The fraction of sp³-hybridized carbons (Fsp3) is 0.200. The van der Waals surface area contributed by atoms with Crippen LogP contribution in [-0.2, 0) is 6.18 Å². The lowest BCUT2D eigenvalue weighted by Gasteiger charge is -2.11. The van der Waals surface area contributed by atoms with E-state index in [1.807, 2.05) is 0 Å². The fourth-order valence-electron chi connectivity index (χ4n) is 1.55. The van der Waals surface area contributed by atoms with E-state index in [0.717, 1.165) is 6.08 Å². The molecule has 6 heteroatoms. The van der Waals surface area contributed by atoms with Gasteiger partial charge in [0.15, 0.2) is 5.65 Å². The lowest BCUT2D eigenvalue weighted by atomic mass is 10.1. The maximum Gasteiger partial charge on any atom is 0.420 e. The topological polar surface area (TPSA) is 30.2 Å². The van der Waals surface area contributed by atoms with E-state index in [0.29, 0.717) is 5.82 Å². The summed E-state index contributed by atoms with van der Waals surface area (Å²) in [6.07, 6.45) is -1.81. The normalized spacial score (nSPS) is 12.0. The fourth-order valence-corrected chi connectivity index (χ4v) is 1.55. The molecule has 2 aromatic rings. The number of hydrogen-bond donors (Lipinski definition) is 0. The molecule has 0 bridgehead atoms. The minimum atomic E-state index is -4.47. The van der Waals surface area contributed by atoms with Crippen molar-refractivity contribution in [3.05, 3.63) is 35.8 Å². The maximum atomic E-state index is 12.8. The van der Waals surface area contributed by atoms with Crippen molar-refractivity contribution >= 4 is 11.7 Å². The molecule has 0 fully saturated rings. The Bertz CT molecular complexity index is 554. The first-order valence-corrected chi connectivity index (χ1v) is 4.49. The van der Waals surface area contributed by atoms with Crippen molar-refractivity contribution < 1.29 is 13.2 Å². The minimum Gasteiger partial charge on any atom is -0.286 e. The Hall–Kier alpha value is -1.85. The van der Waals surface area contributed by atoms with Gasteiger partial charge in [-0.3, -0.25) is 4.40 Å². The first kappa shape index (κ1) is 10.7. The summed E-state index contributed by atoms with van der Waals surface area (Å²) < 4.78 is 39.8. The van der Waals surface area contributed by atoms with Gasteiger partial charge in [0.05, 0.1) is 0 Å². The van der Waals surface area contributed by atoms with Gasteiger partial charge in [-0.1, -0.05) is 12.7 Å². The van der Waals surface area contributed by atoms with Gasteiger partial charge in [-0.05, 0) is 18.6 Å². The number of alkyl halides is 3. The monoisotopic (exact) mass is 227 g/mol. The zero-order chi connectivity index (χ0) is 11.9. The van der Waals surface area contributed by atoms with Gasteiger partial charge in [-0.2, -0.15) is 13.2 Å². The summed E-state index contributed by atoms with van der Waals surface area (Å²) in [6.45, 7) is 4.95. The smallest absolute Gasteiger partial charge is 0.286 e. The lowest BCUT2D eigenvalue weighted by Crippen LogP contribution is -2.10. The van der Waals surface area contributed by atoms with Crippen molar-refractivity contribution in [2.24, 2.45) is 0 Å². The Morgan fingerprint density at radius 2 is 2.06 bits per heavy atom. The van der Waals surface area contributed by atoms with Gasteiger partial charge in [0.25, 0.3) is 0 Å². The van der Waals surface area contributed by atoms with Crippen molar-refractivity contribution in [3.63, 3.8) is 0 Å². The maximum absolute atomic E-state index is 12.8. The molecular formula is C10H8F3N3. The van der Waals surface area contributed by atoms with Crippen LogP contribution in [0.3, 0.4) is 0 Å². The van der Waals surface area contributed by atoms with Gasteiger partial charge in [0, 0.05) is 6.20 Å². The third-order valence-corrected chi connectivity index (χ3v) is 2.29. The molecule has 0 aliphatic heterocycles. The van der Waals surface area contributed by atoms with Crippen molar-refractivity contribution in [3.8, 4) is 0 Å². The van der Waals surface area contributed by atoms with Gasteiger partial charge in [0.1, 0.15) is 11.4 Å². The van der Waals surface area contributed by atoms with E-state index >= 15 is 0 Å². The minimum absolute atomic E-state index is 0.00685. The number of aryl methyl sites for hydroxylation is 1. The van der Waals surface area contributed by atoms with E-state index in [4.69, 9.17) is 0 Å². The molecule has 0 N–H and O–H groups in total. The van der Waals surface area contributed by atoms with Gasteiger partial charge in [-0.25, -0.2) is 0 Å². The average molecular weight is 227 g/mol. The van der Waals surface area contributed by atoms with Crippen LogP contribution >= 0.6 is 0 Å². The lowest BCUT2D eigenvalue weighted by molar-refractivity contribution is -0.136. The molecule has 0 unspecified atom stereocenters. The van der Waals surface area contributed by atoms with E-state index in [1.165, 1.54) is 16.7 Å². The van der Waals surface area contributed by atoms with Crippen LogP contribution in [-0.4, -0.2) is 14.6 Å². The highest BCUT2D eigenvalue weighted by molar-refractivity contribution is 5.63. The predicted molar refractivity (Wildman–Crippen MR) is 52.8 cm³/mol. The Morgan fingerprint density at radius 3 is 2.62 bits per heavy atom. The van der Waals surface area contributed by atoms with Gasteiger partial charge in [0.2, 0.25) is 0 Å². The zero-order valence-corrected chi connectivity index (χ0v) is 8.41. The van der Waals surface area contributed by atoms with Crippen molar-refractivity contribution in [1.82, 2.24) is 14.6 Å². The van der Waals surface area contributed by atoms with Crippen LogP contribution in [0.1, 0.15) is 17.0 Å². The van der Waals surface area contributed by atoms with Crippen LogP contribution < -0.4 is 0 Å². The highest BCUT2D eigenvalue weighted by Gasteiger charge is 2.36. The number of nitrogens with zero attached hydrogens (tertiary/aromatic N) is 3. The van der Waals surface area contributed by atoms with Gasteiger partial charge in [-0.15, -0.1) is 10.2 Å². The summed E-state index contributed by atoms with van der Waals surface area (Å²) in [7, 11) is 0. The highest BCUT2D eigenvalue weighted by atomic mass is 19.4. The Balaban J connectivity index is 2.89. The van der Waals surface area contributed by atoms with Gasteiger partial charge >= 0.3 is 6.18 Å². The molecule has 0 atom stereocenters. The van der Waals surface area contributed by atoms with Crippen molar-refractivity contribution in [2.75, 3.05) is 0 Å². The SMILES string of the molecule is C=Cc1ccn2c(C)nnc2c1C(F)(F)F. The van der Waals surface area contributed by atoms with Crippen LogP contribution in [0.15, 0.2) is 18.8 Å². The Kier molecular flexibility index (Phi) is 2.22. The molecule has 16 heavy (non-hydrogen) atoms. The molecule has 3 nitrogen and oxygen atoms in total. The molecule has 2 heterocycles. The first-order chi connectivity index (χ1) is 7.45. The van der Waals surface area contributed by atoms with E-state index in [1.54, 1.807) is 6.92 Å². The number of halogens is 3. The predicted octanol–water partition coefficient (Wildman–Crippen LogP) is 2.70. The summed E-state index contributed by atoms with van der Waals surface area (Å²) >= 11 is 0. The summed E-state index contributed by atoms with van der Waals surface area (Å²) in [5.41, 5.74) is -0.986. The van der Waals surface area contributed by atoms with Crippen molar-refractivity contribution in [2.45, 2.75) is 13.1 Å². The number of aromatic nitrogens is 3. The molecule has 84 valence electrons. The second kappa shape index (κ2) is 3.33.